The Labute approximate surface area is 63.7 Å². The number of rotatable bonds is 5. The molecule has 2 nitrogen and oxygen atoms in total. The molecule has 10 heavy (non-hydrogen) atoms. The van der Waals surface area contributed by atoms with Crippen molar-refractivity contribution in [2.24, 2.45) is 0 Å². The fourth-order valence-electron chi connectivity index (χ4n) is 0.772. The quantitative estimate of drug-likeness (QED) is 0.601. The van der Waals surface area contributed by atoms with Gasteiger partial charge in [-0.3, -0.25) is 0 Å². The molecule has 0 unspecified atom stereocenters. The Bertz CT molecular complexity index is 97.4. The van der Waals surface area contributed by atoms with Gasteiger partial charge in [-0.2, -0.15) is 0 Å². The first-order chi connectivity index (χ1) is 4.85. The Hall–Kier alpha value is -0.500. The minimum Gasteiger partial charge on any atom is -0.391 e. The molecule has 0 aliphatic heterocycles. The molecule has 0 saturated heterocycles. The summed E-state index contributed by atoms with van der Waals surface area (Å²) < 4.78 is 0. The van der Waals surface area contributed by atoms with Crippen molar-refractivity contribution in [2.75, 3.05) is 20.6 Å². The first-order valence-corrected chi connectivity index (χ1v) is 3.86. The van der Waals surface area contributed by atoms with Crippen LogP contribution in [0.1, 0.15) is 19.8 Å². The number of likely N-dealkylation sites (N-methyl/N-ethyl adjacent to an activating group) is 2. The van der Waals surface area contributed by atoms with E-state index in [-0.39, 0.29) is 0 Å². The van der Waals surface area contributed by atoms with Crippen molar-refractivity contribution in [3.8, 4) is 0 Å². The van der Waals surface area contributed by atoms with Gasteiger partial charge in [-0.25, -0.2) is 0 Å². The van der Waals surface area contributed by atoms with Crippen molar-refractivity contribution in [1.82, 2.24) is 10.6 Å². The maximum Gasteiger partial charge on any atom is 0.0348 e. The fourth-order valence-corrected chi connectivity index (χ4v) is 0.772. The molecular weight excluding hydrogens is 124 g/mol. The van der Waals surface area contributed by atoms with Gasteiger partial charge in [0, 0.05) is 19.3 Å². The highest BCUT2D eigenvalue weighted by Crippen LogP contribution is 1.93. The van der Waals surface area contributed by atoms with Crippen LogP contribution < -0.4 is 10.6 Å². The summed E-state index contributed by atoms with van der Waals surface area (Å²) in [6.07, 6.45) is 4.61. The summed E-state index contributed by atoms with van der Waals surface area (Å²) in [5.41, 5.74) is 1.28. The van der Waals surface area contributed by atoms with Crippen LogP contribution in [0.2, 0.25) is 0 Å². The van der Waals surface area contributed by atoms with Crippen LogP contribution in [0, 0.1) is 0 Å². The number of allylic oxidation sites excluding steroid dienone is 1. The first-order valence-electron chi connectivity index (χ1n) is 3.86. The molecule has 0 bridgehead atoms. The Morgan fingerprint density at radius 3 is 2.50 bits per heavy atom. The molecule has 0 amide bonds. The maximum atomic E-state index is 3.14. The Balaban J connectivity index is 3.55. The summed E-state index contributed by atoms with van der Waals surface area (Å²) in [4.78, 5) is 0. The number of nitrogens with one attached hydrogen (secondary N) is 2. The summed E-state index contributed by atoms with van der Waals surface area (Å²) in [6.45, 7) is 3.12. The molecule has 0 aliphatic rings. The van der Waals surface area contributed by atoms with Crippen molar-refractivity contribution >= 4 is 0 Å². The van der Waals surface area contributed by atoms with Gasteiger partial charge in [-0.15, -0.1) is 0 Å². The Morgan fingerprint density at radius 2 is 2.10 bits per heavy atom. The van der Waals surface area contributed by atoms with Crippen molar-refractivity contribution in [2.45, 2.75) is 19.8 Å². The molecule has 0 spiro atoms. The lowest BCUT2D eigenvalue weighted by Crippen LogP contribution is -2.19. The average molecular weight is 142 g/mol. The smallest absolute Gasteiger partial charge is 0.0348 e. The second kappa shape index (κ2) is 6.62. The van der Waals surface area contributed by atoms with Gasteiger partial charge in [0.05, 0.1) is 0 Å². The van der Waals surface area contributed by atoms with Gasteiger partial charge in [0.15, 0.2) is 0 Å². The van der Waals surface area contributed by atoms with Crippen LogP contribution >= 0.6 is 0 Å². The van der Waals surface area contributed by atoms with Gasteiger partial charge in [0.25, 0.3) is 0 Å². The molecule has 0 aromatic carbocycles. The highest BCUT2D eigenvalue weighted by Gasteiger charge is 1.88. The van der Waals surface area contributed by atoms with Crippen LogP contribution in [-0.4, -0.2) is 20.6 Å². The third-order valence-electron chi connectivity index (χ3n) is 1.37. The topological polar surface area (TPSA) is 24.1 Å². The molecule has 0 aromatic rings. The fraction of sp³-hybridized carbons (Fsp3) is 0.750. The monoisotopic (exact) mass is 142 g/mol. The lowest BCUT2D eigenvalue weighted by atomic mass is 10.3. The molecule has 2 N–H and O–H groups in total. The zero-order chi connectivity index (χ0) is 7.82. The summed E-state index contributed by atoms with van der Waals surface area (Å²) in [6, 6.07) is 0. The molecule has 2 heteroatoms. The van der Waals surface area contributed by atoms with E-state index in [0.29, 0.717) is 0 Å². The van der Waals surface area contributed by atoms with Crippen LogP contribution in [0.25, 0.3) is 0 Å². The Kier molecular flexibility index (Phi) is 6.29. The van der Waals surface area contributed by atoms with Gasteiger partial charge in [0.1, 0.15) is 0 Å². The summed E-state index contributed by atoms with van der Waals surface area (Å²) >= 11 is 0. The van der Waals surface area contributed by atoms with Crippen LogP contribution in [0.15, 0.2) is 11.8 Å². The Morgan fingerprint density at radius 1 is 1.40 bits per heavy atom. The van der Waals surface area contributed by atoms with Crippen molar-refractivity contribution in [1.29, 1.82) is 0 Å². The lowest BCUT2D eigenvalue weighted by Gasteiger charge is -2.04. The molecule has 0 saturated carbocycles. The van der Waals surface area contributed by atoms with E-state index < -0.39 is 0 Å². The number of hydrogen-bond donors (Lipinski definition) is 2. The van der Waals surface area contributed by atoms with Gasteiger partial charge in [-0.05, 0) is 13.5 Å². The van der Waals surface area contributed by atoms with Crippen molar-refractivity contribution < 1.29 is 0 Å². The molecule has 0 atom stereocenters. The van der Waals surface area contributed by atoms with Gasteiger partial charge >= 0.3 is 0 Å². The lowest BCUT2D eigenvalue weighted by molar-refractivity contribution is 0.794. The molecule has 0 fully saturated rings. The normalized spacial score (nSPS) is 11.7. The molecular formula is C8H18N2. The maximum absolute atomic E-state index is 3.14. The molecule has 0 radical (unpaired) electrons. The predicted molar refractivity (Wildman–Crippen MR) is 46.0 cm³/mol. The first kappa shape index (κ1) is 9.50. The van der Waals surface area contributed by atoms with E-state index in [1.807, 2.05) is 14.1 Å². The second-order valence-electron chi connectivity index (χ2n) is 2.30. The second-order valence-corrected chi connectivity index (χ2v) is 2.30. The number of hydrogen-bond acceptors (Lipinski definition) is 2. The minimum absolute atomic E-state index is 0.941. The highest BCUT2D eigenvalue weighted by molar-refractivity contribution is 5.00. The standard InChI is InChI=1S/C8H18N2/c1-4-5-6-8(10-3)7-9-2/h6,9-10H,4-5,7H2,1-3H3/b8-6+. The van der Waals surface area contributed by atoms with Crippen LogP contribution in [-0.2, 0) is 0 Å². The molecule has 0 rings (SSSR count). The van der Waals surface area contributed by atoms with E-state index in [1.165, 1.54) is 12.1 Å². The zero-order valence-corrected chi connectivity index (χ0v) is 7.20. The molecule has 60 valence electrons. The largest absolute Gasteiger partial charge is 0.391 e. The molecule has 0 aromatic heterocycles. The highest BCUT2D eigenvalue weighted by atomic mass is 14.9. The van der Waals surface area contributed by atoms with Crippen molar-refractivity contribution in [3.05, 3.63) is 11.8 Å². The molecule has 0 heterocycles. The van der Waals surface area contributed by atoms with Gasteiger partial charge < -0.3 is 10.6 Å². The van der Waals surface area contributed by atoms with Crippen LogP contribution in [0.5, 0.6) is 0 Å². The van der Waals surface area contributed by atoms with Gasteiger partial charge in [-0.1, -0.05) is 19.4 Å². The van der Waals surface area contributed by atoms with E-state index in [4.69, 9.17) is 0 Å². The van der Waals surface area contributed by atoms with E-state index in [2.05, 4.69) is 23.6 Å². The van der Waals surface area contributed by atoms with Crippen molar-refractivity contribution in [3.63, 3.8) is 0 Å². The third-order valence-corrected chi connectivity index (χ3v) is 1.37. The van der Waals surface area contributed by atoms with Crippen LogP contribution in [0.3, 0.4) is 0 Å². The van der Waals surface area contributed by atoms with E-state index in [9.17, 15) is 0 Å². The molecule has 0 aliphatic carbocycles. The predicted octanol–water partition coefficient (Wildman–Crippen LogP) is 1.11. The third kappa shape index (κ3) is 4.39. The summed E-state index contributed by atoms with van der Waals surface area (Å²) in [5, 5.41) is 6.23. The van der Waals surface area contributed by atoms with E-state index in [1.54, 1.807) is 0 Å². The zero-order valence-electron chi connectivity index (χ0n) is 7.20. The SMILES string of the molecule is CCC/C=C(\CNC)NC. The average Bonchev–Trinajstić information content (AvgIpc) is 1.98. The van der Waals surface area contributed by atoms with E-state index >= 15 is 0 Å². The van der Waals surface area contributed by atoms with Crippen LogP contribution in [0.4, 0.5) is 0 Å². The number of unbranched alkanes of at least 4 members (excludes halogenated alkanes) is 1. The van der Waals surface area contributed by atoms with Gasteiger partial charge in [0.2, 0.25) is 0 Å². The summed E-state index contributed by atoms with van der Waals surface area (Å²) in [7, 11) is 3.91. The minimum atomic E-state index is 0.941. The van der Waals surface area contributed by atoms with E-state index in [0.717, 1.165) is 13.0 Å². The summed E-state index contributed by atoms with van der Waals surface area (Å²) in [5.74, 6) is 0.